The minimum atomic E-state index is -0.933. The van der Waals surface area contributed by atoms with Crippen LogP contribution in [0.4, 0.5) is 5.69 Å². The molecule has 0 spiro atoms. The summed E-state index contributed by atoms with van der Waals surface area (Å²) in [4.78, 5) is 14.5. The summed E-state index contributed by atoms with van der Waals surface area (Å²) in [5, 5.41) is 4.13. The van der Waals surface area contributed by atoms with Crippen LogP contribution in [0.5, 0.6) is 0 Å². The zero-order valence-electron chi connectivity index (χ0n) is 13.1. The molecule has 2 heterocycles. The Morgan fingerprint density at radius 3 is 2.79 bits per heavy atom. The van der Waals surface area contributed by atoms with E-state index >= 15 is 0 Å². The summed E-state index contributed by atoms with van der Waals surface area (Å²) in [6, 6.07) is 13.1. The van der Waals surface area contributed by atoms with Crippen LogP contribution in [0.25, 0.3) is 0 Å². The number of rotatable bonds is 1. The van der Waals surface area contributed by atoms with Gasteiger partial charge in [0, 0.05) is 32.9 Å². The highest BCUT2D eigenvalue weighted by Crippen LogP contribution is 2.49. The number of hydrogen-bond acceptors (Lipinski definition) is 3. The molecule has 0 bridgehead atoms. The van der Waals surface area contributed by atoms with Gasteiger partial charge in [-0.2, -0.15) is 0 Å². The molecule has 0 aromatic heterocycles. The SMILES string of the molecule is C[C@@H]1CO[C@]2(c3ccccc3Cl)c3cc(Cl)ccc3NC(=O)CN12. The van der Waals surface area contributed by atoms with E-state index in [9.17, 15) is 4.79 Å². The topological polar surface area (TPSA) is 41.6 Å². The maximum absolute atomic E-state index is 12.4. The lowest BCUT2D eigenvalue weighted by atomic mass is 9.91. The number of hydrogen-bond donors (Lipinski definition) is 1. The third kappa shape index (κ3) is 2.25. The quantitative estimate of drug-likeness (QED) is 0.837. The molecule has 1 fully saturated rings. The van der Waals surface area contributed by atoms with Crippen molar-refractivity contribution in [1.82, 2.24) is 4.90 Å². The van der Waals surface area contributed by atoms with Crippen LogP contribution in [0.1, 0.15) is 18.1 Å². The Balaban J connectivity index is 2.06. The van der Waals surface area contributed by atoms with Crippen molar-refractivity contribution < 1.29 is 9.53 Å². The largest absolute Gasteiger partial charge is 0.350 e. The van der Waals surface area contributed by atoms with Gasteiger partial charge >= 0.3 is 0 Å². The fraction of sp³-hybridized carbons (Fsp3) is 0.278. The van der Waals surface area contributed by atoms with Gasteiger partial charge in [0.1, 0.15) is 0 Å². The molecule has 2 aliphatic heterocycles. The summed E-state index contributed by atoms with van der Waals surface area (Å²) in [5.74, 6) is -0.0788. The molecule has 2 atom stereocenters. The van der Waals surface area contributed by atoms with Gasteiger partial charge in [0.25, 0.3) is 0 Å². The number of nitrogens with one attached hydrogen (secondary N) is 1. The monoisotopic (exact) mass is 362 g/mol. The lowest BCUT2D eigenvalue weighted by Gasteiger charge is -2.38. The first-order valence-electron chi connectivity index (χ1n) is 7.78. The average Bonchev–Trinajstić information content (AvgIpc) is 2.81. The molecule has 1 amide bonds. The Labute approximate surface area is 150 Å². The average molecular weight is 363 g/mol. The Morgan fingerprint density at radius 1 is 1.21 bits per heavy atom. The van der Waals surface area contributed by atoms with Crippen LogP contribution in [0, 0.1) is 0 Å². The lowest BCUT2D eigenvalue weighted by Crippen LogP contribution is -2.47. The van der Waals surface area contributed by atoms with Gasteiger partial charge in [-0.3, -0.25) is 9.69 Å². The van der Waals surface area contributed by atoms with Crippen LogP contribution in [-0.4, -0.2) is 30.0 Å². The maximum Gasteiger partial charge on any atom is 0.238 e. The van der Waals surface area contributed by atoms with Gasteiger partial charge in [-0.25, -0.2) is 0 Å². The number of carbonyl (C=O) groups excluding carboxylic acids is 1. The zero-order chi connectivity index (χ0) is 16.9. The molecule has 0 radical (unpaired) electrons. The summed E-state index contributed by atoms with van der Waals surface area (Å²) < 4.78 is 6.32. The molecule has 0 unspecified atom stereocenters. The first-order valence-corrected chi connectivity index (χ1v) is 8.53. The number of fused-ring (bicyclic) bond motifs is 3. The Bertz CT molecular complexity index is 826. The molecule has 0 aliphatic carbocycles. The van der Waals surface area contributed by atoms with Crippen molar-refractivity contribution in [2.24, 2.45) is 0 Å². The predicted molar refractivity (Wildman–Crippen MR) is 94.4 cm³/mol. The fourth-order valence-corrected chi connectivity index (χ4v) is 4.02. The second kappa shape index (κ2) is 5.74. The normalized spacial score (nSPS) is 26.5. The number of benzene rings is 2. The van der Waals surface area contributed by atoms with Crippen molar-refractivity contribution in [3.8, 4) is 0 Å². The van der Waals surface area contributed by atoms with Crippen LogP contribution in [0.15, 0.2) is 42.5 Å². The maximum atomic E-state index is 12.4. The molecule has 2 aromatic carbocycles. The van der Waals surface area contributed by atoms with Crippen LogP contribution < -0.4 is 5.32 Å². The number of anilines is 1. The van der Waals surface area contributed by atoms with Crippen molar-refractivity contribution in [2.75, 3.05) is 18.5 Å². The summed E-state index contributed by atoms with van der Waals surface area (Å²) in [7, 11) is 0. The summed E-state index contributed by atoms with van der Waals surface area (Å²) in [5.41, 5.74) is 1.38. The summed E-state index contributed by atoms with van der Waals surface area (Å²) in [6.07, 6.45) is 0. The molecule has 1 saturated heterocycles. The van der Waals surface area contributed by atoms with E-state index in [4.69, 9.17) is 27.9 Å². The number of ether oxygens (including phenoxy) is 1. The lowest BCUT2D eigenvalue weighted by molar-refractivity contribution is -0.121. The second-order valence-corrected chi connectivity index (χ2v) is 6.99. The summed E-state index contributed by atoms with van der Waals surface area (Å²) in [6.45, 7) is 2.77. The third-order valence-electron chi connectivity index (χ3n) is 4.64. The first kappa shape index (κ1) is 15.9. The molecule has 4 nitrogen and oxygen atoms in total. The number of nitrogens with zero attached hydrogens (tertiary/aromatic N) is 1. The molecule has 6 heteroatoms. The van der Waals surface area contributed by atoms with Crippen molar-refractivity contribution in [2.45, 2.75) is 18.7 Å². The van der Waals surface area contributed by atoms with Gasteiger partial charge < -0.3 is 10.1 Å². The molecule has 4 rings (SSSR count). The van der Waals surface area contributed by atoms with E-state index in [1.165, 1.54) is 0 Å². The Morgan fingerprint density at radius 2 is 2.00 bits per heavy atom. The van der Waals surface area contributed by atoms with Crippen LogP contribution >= 0.6 is 23.2 Å². The summed E-state index contributed by atoms with van der Waals surface area (Å²) >= 11 is 12.8. The van der Waals surface area contributed by atoms with Gasteiger partial charge in [0.05, 0.1) is 13.2 Å². The highest BCUT2D eigenvalue weighted by Gasteiger charge is 2.53. The van der Waals surface area contributed by atoms with Crippen LogP contribution in [-0.2, 0) is 15.3 Å². The number of amides is 1. The zero-order valence-corrected chi connectivity index (χ0v) is 14.6. The molecule has 124 valence electrons. The second-order valence-electron chi connectivity index (χ2n) is 6.15. The van der Waals surface area contributed by atoms with Gasteiger partial charge in [-0.15, -0.1) is 0 Å². The predicted octanol–water partition coefficient (Wildman–Crippen LogP) is 3.87. The van der Waals surface area contributed by atoms with Gasteiger partial charge in [-0.05, 0) is 31.2 Å². The molecule has 1 N–H and O–H groups in total. The number of halogens is 2. The molecule has 2 aromatic rings. The molecule has 24 heavy (non-hydrogen) atoms. The molecule has 0 saturated carbocycles. The highest BCUT2D eigenvalue weighted by molar-refractivity contribution is 6.31. The number of carbonyl (C=O) groups is 1. The van der Waals surface area contributed by atoms with E-state index in [0.29, 0.717) is 22.3 Å². The molecular weight excluding hydrogens is 347 g/mol. The standard InChI is InChI=1S/C18H16Cl2N2O2/c1-11-10-24-18(13-4-2-3-5-15(13)20)14-8-12(19)6-7-16(14)21-17(23)9-22(11)18/h2-8,11H,9-10H2,1H3,(H,21,23)/t11-,18-/m1/s1. The van der Waals surface area contributed by atoms with Gasteiger partial charge in [-0.1, -0.05) is 41.4 Å². The van der Waals surface area contributed by atoms with Gasteiger partial charge in [0.2, 0.25) is 5.91 Å². The minimum Gasteiger partial charge on any atom is -0.350 e. The Kier molecular flexibility index (Phi) is 3.81. The third-order valence-corrected chi connectivity index (χ3v) is 5.21. The van der Waals surface area contributed by atoms with E-state index in [1.807, 2.05) is 48.2 Å². The fourth-order valence-electron chi connectivity index (χ4n) is 3.59. The van der Waals surface area contributed by atoms with Crippen LogP contribution in [0.3, 0.4) is 0 Å². The Hall–Kier alpha value is -1.59. The van der Waals surface area contributed by atoms with E-state index in [0.717, 1.165) is 11.1 Å². The van der Waals surface area contributed by atoms with E-state index < -0.39 is 5.72 Å². The minimum absolute atomic E-state index is 0.0666. The van der Waals surface area contributed by atoms with E-state index in [-0.39, 0.29) is 18.5 Å². The molecule has 2 aliphatic rings. The first-order chi connectivity index (χ1) is 11.5. The van der Waals surface area contributed by atoms with Crippen molar-refractivity contribution in [3.63, 3.8) is 0 Å². The van der Waals surface area contributed by atoms with Crippen molar-refractivity contribution in [1.29, 1.82) is 0 Å². The van der Waals surface area contributed by atoms with Crippen molar-refractivity contribution >= 4 is 34.8 Å². The van der Waals surface area contributed by atoms with E-state index in [2.05, 4.69) is 5.32 Å². The van der Waals surface area contributed by atoms with E-state index in [1.54, 1.807) is 6.07 Å². The van der Waals surface area contributed by atoms with Crippen LogP contribution in [0.2, 0.25) is 10.0 Å². The highest BCUT2D eigenvalue weighted by atomic mass is 35.5. The molecular formula is C18H16Cl2N2O2. The smallest absolute Gasteiger partial charge is 0.238 e. The van der Waals surface area contributed by atoms with Gasteiger partial charge in [0.15, 0.2) is 5.72 Å². The van der Waals surface area contributed by atoms with Crippen molar-refractivity contribution in [3.05, 3.63) is 63.6 Å².